The second-order valence-corrected chi connectivity index (χ2v) is 15.4. The highest BCUT2D eigenvalue weighted by molar-refractivity contribution is 6.05. The minimum absolute atomic E-state index is 0.0117. The van der Waals surface area contributed by atoms with Gasteiger partial charge in [-0.15, -0.1) is 0 Å². The summed E-state index contributed by atoms with van der Waals surface area (Å²) in [5.41, 5.74) is 6.38. The molecular formula is C41H50N8O4. The molecule has 0 unspecified atom stereocenters. The Morgan fingerprint density at radius 3 is 2.21 bits per heavy atom. The number of likely N-dealkylation sites (tertiary alicyclic amines) is 1. The van der Waals surface area contributed by atoms with Gasteiger partial charge in [-0.3, -0.25) is 24.0 Å². The van der Waals surface area contributed by atoms with Gasteiger partial charge in [-0.1, -0.05) is 30.7 Å². The first-order chi connectivity index (χ1) is 25.7. The topological polar surface area (TPSA) is 117 Å². The van der Waals surface area contributed by atoms with Gasteiger partial charge in [0.05, 0.1) is 31.0 Å². The van der Waals surface area contributed by atoms with E-state index < -0.39 is 0 Å². The predicted octanol–water partition coefficient (Wildman–Crippen LogP) is 4.81. The van der Waals surface area contributed by atoms with Crippen LogP contribution in [0.15, 0.2) is 66.9 Å². The summed E-state index contributed by atoms with van der Waals surface area (Å²) in [6.07, 6.45) is 7.85. The van der Waals surface area contributed by atoms with Crippen molar-refractivity contribution in [3.05, 3.63) is 106 Å². The molecule has 2 aromatic carbocycles. The number of amides is 3. The third kappa shape index (κ3) is 6.79. The van der Waals surface area contributed by atoms with Crippen LogP contribution in [-0.4, -0.2) is 99.8 Å². The van der Waals surface area contributed by atoms with Crippen LogP contribution in [0.1, 0.15) is 91.9 Å². The van der Waals surface area contributed by atoms with Gasteiger partial charge in [-0.2, -0.15) is 5.10 Å². The molecule has 4 aliphatic rings. The Kier molecular flexibility index (Phi) is 9.69. The first-order valence-corrected chi connectivity index (χ1v) is 19.0. The molecule has 1 aliphatic carbocycles. The van der Waals surface area contributed by atoms with Crippen LogP contribution in [0.3, 0.4) is 0 Å². The van der Waals surface area contributed by atoms with Gasteiger partial charge < -0.3 is 29.7 Å². The third-order valence-corrected chi connectivity index (χ3v) is 11.9. The summed E-state index contributed by atoms with van der Waals surface area (Å²) < 4.78 is 9.94. The number of hydrogen-bond donors (Lipinski definition) is 2. The van der Waals surface area contributed by atoms with Crippen LogP contribution < -0.4 is 10.6 Å². The van der Waals surface area contributed by atoms with Crippen LogP contribution in [0.5, 0.6) is 0 Å². The van der Waals surface area contributed by atoms with E-state index in [9.17, 15) is 14.4 Å². The van der Waals surface area contributed by atoms with Gasteiger partial charge in [0.15, 0.2) is 0 Å². The third-order valence-electron chi connectivity index (χ3n) is 11.9. The number of rotatable bonds is 10. The Morgan fingerprint density at radius 1 is 0.849 bits per heavy atom. The lowest BCUT2D eigenvalue weighted by Crippen LogP contribution is -2.63. The highest BCUT2D eigenvalue weighted by atomic mass is 16.5. The van der Waals surface area contributed by atoms with Crippen molar-refractivity contribution >= 4 is 23.4 Å². The number of piperidine rings is 1. The van der Waals surface area contributed by atoms with Crippen molar-refractivity contribution in [2.24, 2.45) is 0 Å². The molecule has 0 bridgehead atoms. The van der Waals surface area contributed by atoms with Gasteiger partial charge in [-0.25, -0.2) is 0 Å². The summed E-state index contributed by atoms with van der Waals surface area (Å²) in [4.78, 5) is 45.7. The van der Waals surface area contributed by atoms with Crippen LogP contribution in [-0.2, 0) is 29.9 Å². The first-order valence-electron chi connectivity index (χ1n) is 19.0. The molecule has 8 rings (SSSR count). The molecule has 2 N–H and O–H groups in total. The summed E-state index contributed by atoms with van der Waals surface area (Å²) in [5.74, 6) is -0.301. The van der Waals surface area contributed by atoms with Crippen molar-refractivity contribution in [1.29, 1.82) is 0 Å². The minimum atomic E-state index is -0.292. The van der Waals surface area contributed by atoms with E-state index in [2.05, 4.69) is 36.2 Å². The van der Waals surface area contributed by atoms with E-state index in [-0.39, 0.29) is 23.3 Å². The SMILES string of the molecule is Cc1c(C(=O)Nc2ccc(CNC(=O)c3ccc4n3CCN(Cc3ccc(C(=O)N(C)C)cc3)C43COC3)cc2)cnn1C1CCN(C2CCC2)CC1. The second-order valence-electron chi connectivity index (χ2n) is 15.4. The second kappa shape index (κ2) is 14.6. The van der Waals surface area contributed by atoms with Crippen molar-refractivity contribution in [3.63, 3.8) is 0 Å². The zero-order valence-electron chi connectivity index (χ0n) is 31.0. The monoisotopic (exact) mass is 718 g/mol. The fourth-order valence-corrected chi connectivity index (χ4v) is 8.44. The van der Waals surface area contributed by atoms with E-state index in [4.69, 9.17) is 4.74 Å². The van der Waals surface area contributed by atoms with Crippen molar-refractivity contribution in [3.8, 4) is 0 Å². The number of carbonyl (C=O) groups is 3. The lowest BCUT2D eigenvalue weighted by atomic mass is 9.88. The van der Waals surface area contributed by atoms with E-state index in [0.717, 1.165) is 67.6 Å². The zero-order chi connectivity index (χ0) is 36.7. The molecule has 3 fully saturated rings. The van der Waals surface area contributed by atoms with Crippen LogP contribution >= 0.6 is 0 Å². The molecule has 53 heavy (non-hydrogen) atoms. The van der Waals surface area contributed by atoms with E-state index in [1.165, 1.54) is 19.3 Å². The predicted molar refractivity (Wildman–Crippen MR) is 202 cm³/mol. The molecular weight excluding hydrogens is 669 g/mol. The van der Waals surface area contributed by atoms with Crippen LogP contribution in [0.25, 0.3) is 0 Å². The van der Waals surface area contributed by atoms with Gasteiger partial charge in [0.25, 0.3) is 17.7 Å². The van der Waals surface area contributed by atoms with Crippen molar-refractivity contribution < 1.29 is 19.1 Å². The number of hydrogen-bond acceptors (Lipinski definition) is 7. The maximum Gasteiger partial charge on any atom is 0.268 e. The van der Waals surface area contributed by atoms with E-state index in [1.54, 1.807) is 25.2 Å². The number of aromatic nitrogens is 3. The lowest BCUT2D eigenvalue weighted by Gasteiger charge is -2.53. The lowest BCUT2D eigenvalue weighted by molar-refractivity contribution is -0.162. The Labute approximate surface area is 311 Å². The average molecular weight is 719 g/mol. The van der Waals surface area contributed by atoms with E-state index in [1.807, 2.05) is 66.2 Å². The average Bonchev–Trinajstić information content (AvgIpc) is 3.74. The molecule has 0 radical (unpaired) electrons. The number of ether oxygens (including phenoxy) is 1. The smallest absolute Gasteiger partial charge is 0.268 e. The molecule has 0 atom stereocenters. The number of anilines is 1. The van der Waals surface area contributed by atoms with Crippen molar-refractivity contribution in [1.82, 2.24) is 34.4 Å². The number of carbonyl (C=O) groups excluding carboxylic acids is 3. The Morgan fingerprint density at radius 2 is 1.57 bits per heavy atom. The van der Waals surface area contributed by atoms with Gasteiger partial charge >= 0.3 is 0 Å². The van der Waals surface area contributed by atoms with Crippen LogP contribution in [0, 0.1) is 6.92 Å². The summed E-state index contributed by atoms with van der Waals surface area (Å²) >= 11 is 0. The van der Waals surface area contributed by atoms with E-state index >= 15 is 0 Å². The highest BCUT2D eigenvalue weighted by Crippen LogP contribution is 2.41. The Hall–Kier alpha value is -4.78. The fourth-order valence-electron chi connectivity index (χ4n) is 8.44. The Bertz CT molecular complexity index is 1970. The van der Waals surface area contributed by atoms with Gasteiger partial charge in [0, 0.05) is 82.0 Å². The molecule has 4 aromatic rings. The van der Waals surface area contributed by atoms with Gasteiger partial charge in [-0.05, 0) is 80.1 Å². The fraction of sp³-hybridized carbons (Fsp3) is 0.463. The molecule has 2 aromatic heterocycles. The zero-order valence-corrected chi connectivity index (χ0v) is 31.0. The molecule has 3 aliphatic heterocycles. The van der Waals surface area contributed by atoms with Crippen molar-refractivity contribution in [2.75, 3.05) is 52.3 Å². The van der Waals surface area contributed by atoms with E-state index in [0.29, 0.717) is 54.9 Å². The number of nitrogens with zero attached hydrogens (tertiary/aromatic N) is 6. The van der Waals surface area contributed by atoms with Crippen molar-refractivity contribution in [2.45, 2.75) is 76.3 Å². The molecule has 278 valence electrons. The summed E-state index contributed by atoms with van der Waals surface area (Å²) in [6, 6.07) is 20.5. The first kappa shape index (κ1) is 35.3. The standard InChI is InChI=1S/C41H50N8O4/c1-28-35(24-43-49(28)34-17-19-46(20-18-34)33-5-4-6-33)38(50)44-32-13-9-29(10-14-32)23-42-39(51)36-15-16-37-41(26-53-27-41)47(21-22-48(36)37)25-30-7-11-31(12-8-30)40(52)45(2)3/h7-16,24,33-34H,4-6,17-23,25-27H2,1-3H3,(H,42,51)(H,44,50). The maximum absolute atomic E-state index is 13.5. The quantitative estimate of drug-likeness (QED) is 0.242. The van der Waals surface area contributed by atoms with Gasteiger partial charge in [0.1, 0.15) is 11.2 Å². The number of fused-ring (bicyclic) bond motifs is 2. The maximum atomic E-state index is 13.5. The number of nitrogens with one attached hydrogen (secondary N) is 2. The Balaban J connectivity index is 0.851. The van der Waals surface area contributed by atoms with Crippen LogP contribution in [0.4, 0.5) is 5.69 Å². The number of benzene rings is 2. The van der Waals surface area contributed by atoms with Crippen LogP contribution in [0.2, 0.25) is 0 Å². The molecule has 2 saturated heterocycles. The highest BCUT2D eigenvalue weighted by Gasteiger charge is 2.50. The molecule has 3 amide bonds. The summed E-state index contributed by atoms with van der Waals surface area (Å²) in [5, 5.41) is 10.8. The molecule has 12 heteroatoms. The summed E-state index contributed by atoms with van der Waals surface area (Å²) in [7, 11) is 3.51. The summed E-state index contributed by atoms with van der Waals surface area (Å²) in [6.45, 7) is 7.89. The molecule has 1 spiro atoms. The van der Waals surface area contributed by atoms with Gasteiger partial charge in [0.2, 0.25) is 0 Å². The minimum Gasteiger partial charge on any atom is -0.377 e. The molecule has 1 saturated carbocycles. The molecule has 5 heterocycles. The normalized spacial score (nSPS) is 18.9. The molecule has 12 nitrogen and oxygen atoms in total. The largest absolute Gasteiger partial charge is 0.377 e.